The molecule has 1 N–H and O–H groups in total. The van der Waals surface area contributed by atoms with E-state index >= 15 is 0 Å². The Morgan fingerprint density at radius 3 is 2.62 bits per heavy atom. The van der Waals surface area contributed by atoms with Crippen molar-refractivity contribution in [3.8, 4) is 0 Å². The van der Waals surface area contributed by atoms with Gasteiger partial charge < -0.3 is 0 Å². The molecule has 0 saturated heterocycles. The molecule has 106 valence electrons. The second kappa shape index (κ2) is 5.92. The minimum atomic E-state index is 0.00804. The Morgan fingerprint density at radius 2 is 1.86 bits per heavy atom. The molecule has 0 radical (unpaired) electrons. The number of nitrogens with one attached hydrogen (secondary N) is 1. The van der Waals surface area contributed by atoms with Gasteiger partial charge in [0, 0.05) is 5.92 Å². The van der Waals surface area contributed by atoms with Crippen molar-refractivity contribution in [3.63, 3.8) is 0 Å². The quantitative estimate of drug-likeness (QED) is 0.677. The number of hydrogen-bond acceptors (Lipinski definition) is 2. The number of carbonyl (C=O) groups excluding carboxylic acids is 1. The van der Waals surface area contributed by atoms with Crippen molar-refractivity contribution in [1.29, 1.82) is 0 Å². The number of amides is 1. The first-order valence-corrected chi connectivity index (χ1v) is 7.19. The van der Waals surface area contributed by atoms with Crippen LogP contribution in [0.4, 0.5) is 0 Å². The van der Waals surface area contributed by atoms with Crippen LogP contribution in [0.5, 0.6) is 0 Å². The smallest absolute Gasteiger partial charge is 0.243 e. The van der Waals surface area contributed by atoms with Crippen LogP contribution in [0.25, 0.3) is 0 Å². The highest BCUT2D eigenvalue weighted by atomic mass is 16.2. The molecule has 1 aliphatic carbocycles. The van der Waals surface area contributed by atoms with E-state index in [9.17, 15) is 4.79 Å². The summed E-state index contributed by atoms with van der Waals surface area (Å²) in [6.45, 7) is 2.02. The van der Waals surface area contributed by atoms with Gasteiger partial charge in [-0.15, -0.1) is 0 Å². The molecule has 3 heteroatoms. The monoisotopic (exact) mass is 278 g/mol. The fourth-order valence-corrected chi connectivity index (χ4v) is 2.53. The minimum absolute atomic E-state index is 0.00804. The van der Waals surface area contributed by atoms with Crippen molar-refractivity contribution < 1.29 is 4.79 Å². The SMILES string of the molecule is Cc1ccccc1C=NNC(=O)C1CC1c1ccccc1. The summed E-state index contributed by atoms with van der Waals surface area (Å²) in [5.74, 6) is 0.412. The Hall–Kier alpha value is -2.42. The Balaban J connectivity index is 1.56. The molecule has 3 nitrogen and oxygen atoms in total. The van der Waals surface area contributed by atoms with Crippen molar-refractivity contribution in [3.05, 3.63) is 71.3 Å². The van der Waals surface area contributed by atoms with E-state index in [2.05, 4.69) is 22.7 Å². The van der Waals surface area contributed by atoms with Gasteiger partial charge >= 0.3 is 0 Å². The third-order valence-corrected chi connectivity index (χ3v) is 3.92. The predicted molar refractivity (Wildman–Crippen MR) is 84.2 cm³/mol. The van der Waals surface area contributed by atoms with Gasteiger partial charge in [0.25, 0.3) is 0 Å². The van der Waals surface area contributed by atoms with Crippen LogP contribution in [0.3, 0.4) is 0 Å². The first-order chi connectivity index (χ1) is 10.3. The van der Waals surface area contributed by atoms with Crippen molar-refractivity contribution in [2.45, 2.75) is 19.3 Å². The molecule has 0 aliphatic heterocycles. The van der Waals surface area contributed by atoms with Gasteiger partial charge in [0.15, 0.2) is 0 Å². The highest BCUT2D eigenvalue weighted by molar-refractivity contribution is 5.86. The lowest BCUT2D eigenvalue weighted by Crippen LogP contribution is -2.20. The number of nitrogens with zero attached hydrogens (tertiary/aromatic N) is 1. The van der Waals surface area contributed by atoms with Crippen LogP contribution in [0.15, 0.2) is 59.7 Å². The fourth-order valence-electron chi connectivity index (χ4n) is 2.53. The Morgan fingerprint density at radius 1 is 1.14 bits per heavy atom. The van der Waals surface area contributed by atoms with Crippen LogP contribution in [0.1, 0.15) is 29.0 Å². The molecule has 2 aromatic rings. The number of carbonyl (C=O) groups is 1. The first-order valence-electron chi connectivity index (χ1n) is 7.19. The van der Waals surface area contributed by atoms with E-state index < -0.39 is 0 Å². The zero-order chi connectivity index (χ0) is 14.7. The number of rotatable bonds is 4. The van der Waals surface area contributed by atoms with Crippen molar-refractivity contribution in [1.82, 2.24) is 5.43 Å². The molecule has 2 unspecified atom stereocenters. The highest BCUT2D eigenvalue weighted by Crippen LogP contribution is 2.47. The van der Waals surface area contributed by atoms with Crippen LogP contribution in [0.2, 0.25) is 0 Å². The molecular weight excluding hydrogens is 260 g/mol. The van der Waals surface area contributed by atoms with E-state index in [4.69, 9.17) is 0 Å². The van der Waals surface area contributed by atoms with Crippen LogP contribution in [0, 0.1) is 12.8 Å². The van der Waals surface area contributed by atoms with Crippen molar-refractivity contribution in [2.24, 2.45) is 11.0 Å². The molecular formula is C18H18N2O. The normalized spacial score (nSPS) is 20.4. The topological polar surface area (TPSA) is 41.5 Å². The molecule has 1 amide bonds. The van der Waals surface area contributed by atoms with Gasteiger partial charge in [-0.2, -0.15) is 5.10 Å². The van der Waals surface area contributed by atoms with Gasteiger partial charge in [-0.3, -0.25) is 4.79 Å². The van der Waals surface area contributed by atoms with E-state index in [0.717, 1.165) is 17.5 Å². The Bertz CT molecular complexity index is 664. The molecule has 0 heterocycles. The van der Waals surface area contributed by atoms with E-state index in [1.54, 1.807) is 6.21 Å². The largest absolute Gasteiger partial charge is 0.273 e. The molecule has 1 fully saturated rings. The molecule has 1 aliphatic rings. The van der Waals surface area contributed by atoms with Gasteiger partial charge in [0.1, 0.15) is 0 Å². The average molecular weight is 278 g/mol. The lowest BCUT2D eigenvalue weighted by molar-refractivity contribution is -0.122. The lowest BCUT2D eigenvalue weighted by Gasteiger charge is -2.01. The molecule has 0 spiro atoms. The molecule has 3 rings (SSSR count). The van der Waals surface area contributed by atoms with Crippen LogP contribution < -0.4 is 5.43 Å². The maximum Gasteiger partial charge on any atom is 0.243 e. The minimum Gasteiger partial charge on any atom is -0.273 e. The van der Waals surface area contributed by atoms with Gasteiger partial charge in [0.05, 0.1) is 6.21 Å². The summed E-state index contributed by atoms with van der Waals surface area (Å²) in [6.07, 6.45) is 2.61. The molecule has 21 heavy (non-hydrogen) atoms. The second-order valence-corrected chi connectivity index (χ2v) is 5.45. The maximum absolute atomic E-state index is 12.0. The van der Waals surface area contributed by atoms with E-state index in [1.807, 2.05) is 49.4 Å². The summed E-state index contributed by atoms with van der Waals surface area (Å²) in [5.41, 5.74) is 6.05. The lowest BCUT2D eigenvalue weighted by atomic mass is 10.1. The second-order valence-electron chi connectivity index (χ2n) is 5.45. The maximum atomic E-state index is 12.0. The number of aryl methyl sites for hydroxylation is 1. The Labute approximate surface area is 124 Å². The molecule has 2 atom stereocenters. The van der Waals surface area contributed by atoms with Gasteiger partial charge in [-0.05, 0) is 36.0 Å². The molecule has 1 saturated carbocycles. The zero-order valence-corrected chi connectivity index (χ0v) is 12.0. The molecule has 0 aromatic heterocycles. The predicted octanol–water partition coefficient (Wildman–Crippen LogP) is 3.25. The number of benzene rings is 2. The Kier molecular flexibility index (Phi) is 3.82. The van der Waals surface area contributed by atoms with E-state index in [1.165, 1.54) is 5.56 Å². The third kappa shape index (κ3) is 3.19. The highest BCUT2D eigenvalue weighted by Gasteiger charge is 2.43. The van der Waals surface area contributed by atoms with Gasteiger partial charge in [-0.25, -0.2) is 5.43 Å². The van der Waals surface area contributed by atoms with Crippen LogP contribution in [-0.4, -0.2) is 12.1 Å². The van der Waals surface area contributed by atoms with Crippen LogP contribution in [-0.2, 0) is 4.79 Å². The summed E-state index contributed by atoms with van der Waals surface area (Å²) in [7, 11) is 0. The molecule has 0 bridgehead atoms. The fraction of sp³-hybridized carbons (Fsp3) is 0.222. The summed E-state index contributed by atoms with van der Waals surface area (Å²) >= 11 is 0. The molecule has 2 aromatic carbocycles. The van der Waals surface area contributed by atoms with Crippen LogP contribution >= 0.6 is 0 Å². The van der Waals surface area contributed by atoms with Crippen molar-refractivity contribution >= 4 is 12.1 Å². The summed E-state index contributed by atoms with van der Waals surface area (Å²) in [5, 5.41) is 4.07. The average Bonchev–Trinajstić information content (AvgIpc) is 3.31. The first kappa shape index (κ1) is 13.6. The van der Waals surface area contributed by atoms with Gasteiger partial charge in [0.2, 0.25) is 5.91 Å². The standard InChI is InChI=1S/C18H18N2O/c1-13-7-5-6-10-15(13)12-19-20-18(21)17-11-16(17)14-8-3-2-4-9-14/h2-10,12,16-17H,11H2,1H3,(H,20,21). The van der Waals surface area contributed by atoms with Gasteiger partial charge in [-0.1, -0.05) is 54.6 Å². The number of hydrogen-bond donors (Lipinski definition) is 1. The van der Waals surface area contributed by atoms with E-state index in [0.29, 0.717) is 5.92 Å². The zero-order valence-electron chi connectivity index (χ0n) is 12.0. The van der Waals surface area contributed by atoms with Crippen molar-refractivity contribution in [2.75, 3.05) is 0 Å². The third-order valence-electron chi connectivity index (χ3n) is 3.92. The summed E-state index contributed by atoms with van der Waals surface area (Å²) in [6, 6.07) is 18.1. The van der Waals surface area contributed by atoms with E-state index in [-0.39, 0.29) is 11.8 Å². The summed E-state index contributed by atoms with van der Waals surface area (Å²) < 4.78 is 0. The summed E-state index contributed by atoms with van der Waals surface area (Å²) in [4.78, 5) is 12.0. The number of hydrazone groups is 1.